The van der Waals surface area contributed by atoms with Gasteiger partial charge >= 0.3 is 0 Å². The average Bonchev–Trinajstić information content (AvgIpc) is 2.77. The molecule has 2 N–H and O–H groups in total. The Balaban J connectivity index is 2.00. The Morgan fingerprint density at radius 2 is 1.75 bits per heavy atom. The number of hydrazone groups is 1. The van der Waals surface area contributed by atoms with Crippen LogP contribution < -0.4 is 14.9 Å². The minimum Gasteiger partial charge on any atom is -0.495 e. The Labute approximate surface area is 193 Å². The third-order valence-corrected chi connectivity index (χ3v) is 6.36. The van der Waals surface area contributed by atoms with Gasteiger partial charge in [-0.15, -0.1) is 0 Å². The standard InChI is InChI=1S/C21H19BrN4O5S/c1-14(15-7-9-16(22)10-8-15)23-24-19-12-11-17(26(27)28)13-21(19)32(29,30)25-18-5-3-4-6-20(18)31-2/h3-13,24-25H,1-2H3/b23-14+. The molecule has 3 aromatic rings. The fourth-order valence-electron chi connectivity index (χ4n) is 2.77. The second-order valence-electron chi connectivity index (χ2n) is 6.56. The molecule has 0 unspecified atom stereocenters. The Morgan fingerprint density at radius 3 is 2.41 bits per heavy atom. The molecule has 0 fully saturated rings. The van der Waals surface area contributed by atoms with Crippen LogP contribution in [0.4, 0.5) is 17.1 Å². The maximum Gasteiger partial charge on any atom is 0.270 e. The molecule has 0 radical (unpaired) electrons. The number of methoxy groups -OCH3 is 1. The van der Waals surface area contributed by atoms with E-state index in [4.69, 9.17) is 4.74 Å². The number of nitrogens with zero attached hydrogens (tertiary/aromatic N) is 2. The highest BCUT2D eigenvalue weighted by molar-refractivity contribution is 9.10. The van der Waals surface area contributed by atoms with E-state index in [1.54, 1.807) is 25.1 Å². The molecule has 9 nitrogen and oxygen atoms in total. The molecule has 3 rings (SSSR count). The number of nitrogens with one attached hydrogen (secondary N) is 2. The number of anilines is 2. The number of nitro benzene ring substituents is 1. The lowest BCUT2D eigenvalue weighted by atomic mass is 10.1. The van der Waals surface area contributed by atoms with Crippen LogP contribution in [0.2, 0.25) is 0 Å². The number of sulfonamides is 1. The first-order valence-corrected chi connectivity index (χ1v) is 11.5. The molecule has 0 bridgehead atoms. The van der Waals surface area contributed by atoms with Crippen molar-refractivity contribution in [3.05, 3.63) is 86.9 Å². The molecular formula is C21H19BrN4O5S. The van der Waals surface area contributed by atoms with Gasteiger partial charge in [0.2, 0.25) is 0 Å². The van der Waals surface area contributed by atoms with Crippen LogP contribution in [-0.2, 0) is 10.0 Å². The molecule has 3 aromatic carbocycles. The van der Waals surface area contributed by atoms with E-state index in [1.807, 2.05) is 24.3 Å². The molecule has 166 valence electrons. The first kappa shape index (κ1) is 23.2. The predicted octanol–water partition coefficient (Wildman–Crippen LogP) is 5.00. The Bertz CT molecular complexity index is 1280. The lowest BCUT2D eigenvalue weighted by Crippen LogP contribution is -2.16. The summed E-state index contributed by atoms with van der Waals surface area (Å²) in [6.45, 7) is 1.75. The van der Waals surface area contributed by atoms with Crippen LogP contribution in [0.3, 0.4) is 0 Å². The summed E-state index contributed by atoms with van der Waals surface area (Å²) in [6, 6.07) is 17.3. The normalized spacial score (nSPS) is 11.7. The topological polar surface area (TPSA) is 123 Å². The van der Waals surface area contributed by atoms with Gasteiger partial charge < -0.3 is 4.74 Å². The van der Waals surface area contributed by atoms with Gasteiger partial charge in [-0.1, -0.05) is 40.2 Å². The Morgan fingerprint density at radius 1 is 1.06 bits per heavy atom. The van der Waals surface area contributed by atoms with Crippen LogP contribution in [0.15, 0.2) is 81.2 Å². The molecule has 0 aliphatic carbocycles. The third-order valence-electron chi connectivity index (χ3n) is 4.42. The van der Waals surface area contributed by atoms with Crippen molar-refractivity contribution in [2.24, 2.45) is 5.10 Å². The van der Waals surface area contributed by atoms with Gasteiger partial charge in [0.25, 0.3) is 15.7 Å². The van der Waals surface area contributed by atoms with Gasteiger partial charge in [-0.2, -0.15) is 5.10 Å². The molecular weight excluding hydrogens is 500 g/mol. The fraction of sp³-hybridized carbons (Fsp3) is 0.0952. The van der Waals surface area contributed by atoms with Gasteiger partial charge in [-0.25, -0.2) is 8.42 Å². The second kappa shape index (κ2) is 9.79. The quantitative estimate of drug-likeness (QED) is 0.245. The summed E-state index contributed by atoms with van der Waals surface area (Å²) in [7, 11) is -2.81. The summed E-state index contributed by atoms with van der Waals surface area (Å²) in [5, 5.41) is 15.5. The van der Waals surface area contributed by atoms with Gasteiger partial charge in [-0.05, 0) is 42.8 Å². The molecule has 0 saturated heterocycles. The van der Waals surface area contributed by atoms with Crippen LogP contribution in [0.5, 0.6) is 5.75 Å². The number of rotatable bonds is 8. The summed E-state index contributed by atoms with van der Waals surface area (Å²) < 4.78 is 34.8. The summed E-state index contributed by atoms with van der Waals surface area (Å²) >= 11 is 3.36. The van der Waals surface area contributed by atoms with Crippen molar-refractivity contribution < 1.29 is 18.1 Å². The molecule has 0 spiro atoms. The van der Waals surface area contributed by atoms with E-state index >= 15 is 0 Å². The molecule has 0 atom stereocenters. The average molecular weight is 519 g/mol. The van der Waals surface area contributed by atoms with Crippen molar-refractivity contribution >= 4 is 48.7 Å². The lowest BCUT2D eigenvalue weighted by Gasteiger charge is -2.14. The van der Waals surface area contributed by atoms with E-state index in [9.17, 15) is 18.5 Å². The highest BCUT2D eigenvalue weighted by atomic mass is 79.9. The Hall–Kier alpha value is -3.44. The summed E-state index contributed by atoms with van der Waals surface area (Å²) in [5.41, 5.74) is 4.03. The van der Waals surface area contributed by atoms with Crippen LogP contribution in [0.25, 0.3) is 0 Å². The number of hydrogen-bond acceptors (Lipinski definition) is 7. The summed E-state index contributed by atoms with van der Waals surface area (Å²) in [5.74, 6) is 0.306. The molecule has 0 aliphatic rings. The second-order valence-corrected chi connectivity index (χ2v) is 9.13. The van der Waals surface area contributed by atoms with Crippen molar-refractivity contribution in [2.45, 2.75) is 11.8 Å². The van der Waals surface area contributed by atoms with E-state index in [-0.39, 0.29) is 22.0 Å². The summed E-state index contributed by atoms with van der Waals surface area (Å²) in [6.07, 6.45) is 0. The van der Waals surface area contributed by atoms with Crippen LogP contribution in [0.1, 0.15) is 12.5 Å². The number of nitro groups is 1. The maximum absolute atomic E-state index is 13.1. The predicted molar refractivity (Wildman–Crippen MR) is 127 cm³/mol. The SMILES string of the molecule is COc1ccccc1NS(=O)(=O)c1cc([N+](=O)[O-])ccc1N/N=C(\C)c1ccc(Br)cc1. The van der Waals surface area contributed by atoms with E-state index in [0.717, 1.165) is 16.1 Å². The van der Waals surface area contributed by atoms with E-state index in [0.29, 0.717) is 11.5 Å². The maximum atomic E-state index is 13.1. The molecule has 0 amide bonds. The smallest absolute Gasteiger partial charge is 0.270 e. The van der Waals surface area contributed by atoms with Crippen molar-refractivity contribution in [2.75, 3.05) is 17.3 Å². The number of non-ortho nitro benzene ring substituents is 1. The molecule has 0 heterocycles. The molecule has 0 aromatic heterocycles. The van der Waals surface area contributed by atoms with E-state index in [2.05, 4.69) is 31.2 Å². The number of para-hydroxylation sites is 2. The van der Waals surface area contributed by atoms with Crippen molar-refractivity contribution in [1.29, 1.82) is 0 Å². The van der Waals surface area contributed by atoms with Crippen LogP contribution in [0, 0.1) is 10.1 Å². The zero-order valence-corrected chi connectivity index (χ0v) is 19.5. The van der Waals surface area contributed by atoms with Gasteiger partial charge in [-0.3, -0.25) is 20.3 Å². The zero-order chi connectivity index (χ0) is 23.3. The third kappa shape index (κ3) is 5.42. The molecule has 11 heteroatoms. The first-order chi connectivity index (χ1) is 15.2. The van der Waals surface area contributed by atoms with Gasteiger partial charge in [0.1, 0.15) is 10.6 Å². The van der Waals surface area contributed by atoms with E-state index in [1.165, 1.54) is 25.3 Å². The molecule has 0 aliphatic heterocycles. The van der Waals surface area contributed by atoms with Crippen molar-refractivity contribution in [3.63, 3.8) is 0 Å². The zero-order valence-electron chi connectivity index (χ0n) is 17.1. The summed E-state index contributed by atoms with van der Waals surface area (Å²) in [4.78, 5) is 10.3. The molecule has 0 saturated carbocycles. The van der Waals surface area contributed by atoms with Crippen LogP contribution in [-0.4, -0.2) is 26.2 Å². The van der Waals surface area contributed by atoms with Gasteiger partial charge in [0.15, 0.2) is 0 Å². The van der Waals surface area contributed by atoms with Gasteiger partial charge in [0.05, 0.1) is 29.1 Å². The monoisotopic (exact) mass is 518 g/mol. The molecule has 32 heavy (non-hydrogen) atoms. The fourth-order valence-corrected chi connectivity index (χ4v) is 4.28. The van der Waals surface area contributed by atoms with Gasteiger partial charge in [0, 0.05) is 16.6 Å². The van der Waals surface area contributed by atoms with Crippen molar-refractivity contribution in [1.82, 2.24) is 0 Å². The first-order valence-electron chi connectivity index (χ1n) is 9.22. The number of ether oxygens (including phenoxy) is 1. The lowest BCUT2D eigenvalue weighted by molar-refractivity contribution is -0.385. The van der Waals surface area contributed by atoms with Crippen molar-refractivity contribution in [3.8, 4) is 5.75 Å². The van der Waals surface area contributed by atoms with Crippen LogP contribution >= 0.6 is 15.9 Å². The number of hydrogen-bond donors (Lipinski definition) is 2. The Kier molecular flexibility index (Phi) is 7.11. The minimum absolute atomic E-state index is 0.0782. The van der Waals surface area contributed by atoms with E-state index < -0.39 is 14.9 Å². The minimum atomic E-state index is -4.22. The number of halogens is 1. The highest BCUT2D eigenvalue weighted by Crippen LogP contribution is 2.31. The number of benzene rings is 3. The highest BCUT2D eigenvalue weighted by Gasteiger charge is 2.24. The largest absolute Gasteiger partial charge is 0.495 e.